The van der Waals surface area contributed by atoms with Gasteiger partial charge in [0, 0.05) is 0 Å². The standard InChI is InChI=1S/C13H15FO5/c1-13(11(15)16,12(17)19-3)7-8-4-5-10(18-2)9(14)6-8/h4-6H,7H2,1-3H3,(H,15,16). The molecule has 0 saturated heterocycles. The van der Waals surface area contributed by atoms with Crippen LogP contribution in [0, 0.1) is 11.2 Å². The smallest absolute Gasteiger partial charge is 0.323 e. The van der Waals surface area contributed by atoms with Gasteiger partial charge >= 0.3 is 11.9 Å². The molecule has 1 rings (SSSR count). The lowest BCUT2D eigenvalue weighted by Crippen LogP contribution is -2.39. The van der Waals surface area contributed by atoms with Crippen molar-refractivity contribution in [2.24, 2.45) is 5.41 Å². The second-order valence-corrected chi connectivity index (χ2v) is 4.27. The molecule has 0 aliphatic heterocycles. The zero-order chi connectivity index (χ0) is 14.6. The summed E-state index contributed by atoms with van der Waals surface area (Å²) in [6.07, 6.45) is -0.171. The van der Waals surface area contributed by atoms with Gasteiger partial charge in [0.15, 0.2) is 17.0 Å². The van der Waals surface area contributed by atoms with Crippen molar-refractivity contribution in [3.63, 3.8) is 0 Å². The highest BCUT2D eigenvalue weighted by molar-refractivity contribution is 5.98. The highest BCUT2D eigenvalue weighted by atomic mass is 19.1. The molecule has 0 aliphatic carbocycles. The van der Waals surface area contributed by atoms with E-state index in [2.05, 4.69) is 4.74 Å². The molecule has 0 spiro atoms. The number of aliphatic carboxylic acids is 1. The van der Waals surface area contributed by atoms with E-state index in [0.717, 1.165) is 13.2 Å². The van der Waals surface area contributed by atoms with Gasteiger partial charge in [-0.2, -0.15) is 0 Å². The van der Waals surface area contributed by atoms with Crippen LogP contribution in [0.2, 0.25) is 0 Å². The van der Waals surface area contributed by atoms with Crippen LogP contribution in [0.1, 0.15) is 12.5 Å². The van der Waals surface area contributed by atoms with Crippen LogP contribution in [0.25, 0.3) is 0 Å². The van der Waals surface area contributed by atoms with E-state index in [9.17, 15) is 14.0 Å². The van der Waals surface area contributed by atoms with Gasteiger partial charge in [-0.15, -0.1) is 0 Å². The Morgan fingerprint density at radius 2 is 2.00 bits per heavy atom. The molecule has 104 valence electrons. The molecule has 1 unspecified atom stereocenters. The first-order chi connectivity index (χ1) is 8.85. The van der Waals surface area contributed by atoms with Crippen LogP contribution < -0.4 is 4.74 Å². The topological polar surface area (TPSA) is 72.8 Å². The van der Waals surface area contributed by atoms with Crippen molar-refractivity contribution in [2.75, 3.05) is 14.2 Å². The van der Waals surface area contributed by atoms with E-state index in [1.165, 1.54) is 26.2 Å². The molecule has 6 heteroatoms. The van der Waals surface area contributed by atoms with Crippen LogP contribution in [0.3, 0.4) is 0 Å². The number of carboxylic acid groups (broad SMARTS) is 1. The zero-order valence-corrected chi connectivity index (χ0v) is 10.9. The SMILES string of the molecule is COC(=O)C(C)(Cc1ccc(OC)c(F)c1)C(=O)O. The summed E-state index contributed by atoms with van der Waals surface area (Å²) in [6, 6.07) is 4.03. The minimum absolute atomic E-state index is 0.0545. The minimum Gasteiger partial charge on any atom is -0.494 e. The predicted molar refractivity (Wildman–Crippen MR) is 64.4 cm³/mol. The van der Waals surface area contributed by atoms with E-state index in [1.807, 2.05) is 0 Å². The van der Waals surface area contributed by atoms with E-state index < -0.39 is 23.2 Å². The summed E-state index contributed by atoms with van der Waals surface area (Å²) in [5, 5.41) is 9.15. The largest absolute Gasteiger partial charge is 0.494 e. The fourth-order valence-corrected chi connectivity index (χ4v) is 1.69. The lowest BCUT2D eigenvalue weighted by Gasteiger charge is -2.21. The van der Waals surface area contributed by atoms with Crippen molar-refractivity contribution in [1.82, 2.24) is 0 Å². The molecule has 0 fully saturated rings. The molecule has 1 aromatic rings. The normalized spacial score (nSPS) is 13.5. The second-order valence-electron chi connectivity index (χ2n) is 4.27. The number of carbonyl (C=O) groups is 2. The van der Waals surface area contributed by atoms with E-state index in [1.54, 1.807) is 0 Å². The molecule has 0 aromatic heterocycles. The Hall–Kier alpha value is -2.11. The number of esters is 1. The van der Waals surface area contributed by atoms with Gasteiger partial charge in [0.1, 0.15) is 0 Å². The Morgan fingerprint density at radius 1 is 1.37 bits per heavy atom. The van der Waals surface area contributed by atoms with Crippen LogP contribution in [-0.4, -0.2) is 31.3 Å². The maximum absolute atomic E-state index is 13.5. The summed E-state index contributed by atoms with van der Waals surface area (Å²) in [6.45, 7) is 1.24. The first kappa shape index (κ1) is 14.9. The number of benzene rings is 1. The van der Waals surface area contributed by atoms with Crippen molar-refractivity contribution in [3.8, 4) is 5.75 Å². The predicted octanol–water partition coefficient (Wildman–Crippen LogP) is 1.64. The van der Waals surface area contributed by atoms with Crippen molar-refractivity contribution in [1.29, 1.82) is 0 Å². The fourth-order valence-electron chi connectivity index (χ4n) is 1.69. The summed E-state index contributed by atoms with van der Waals surface area (Å²) in [5.74, 6) is -2.76. The maximum Gasteiger partial charge on any atom is 0.323 e. The molecule has 0 bridgehead atoms. The highest BCUT2D eigenvalue weighted by Gasteiger charge is 2.42. The average Bonchev–Trinajstić information content (AvgIpc) is 2.37. The molecular formula is C13H15FO5. The van der Waals surface area contributed by atoms with Gasteiger partial charge in [-0.25, -0.2) is 4.39 Å². The quantitative estimate of drug-likeness (QED) is 0.650. The molecule has 19 heavy (non-hydrogen) atoms. The van der Waals surface area contributed by atoms with Crippen molar-refractivity contribution in [3.05, 3.63) is 29.6 Å². The number of rotatable bonds is 5. The van der Waals surface area contributed by atoms with E-state index in [0.29, 0.717) is 5.56 Å². The lowest BCUT2D eigenvalue weighted by atomic mass is 9.83. The molecule has 0 heterocycles. The average molecular weight is 270 g/mol. The molecule has 0 radical (unpaired) electrons. The van der Waals surface area contributed by atoms with Crippen LogP contribution in [-0.2, 0) is 20.7 Å². The first-order valence-electron chi connectivity index (χ1n) is 5.49. The number of hydrogen-bond donors (Lipinski definition) is 1. The highest BCUT2D eigenvalue weighted by Crippen LogP contribution is 2.27. The number of methoxy groups -OCH3 is 2. The molecule has 0 amide bonds. The second kappa shape index (κ2) is 5.69. The molecule has 1 aromatic carbocycles. The van der Waals surface area contributed by atoms with Gasteiger partial charge in [0.05, 0.1) is 14.2 Å². The Labute approximate surface area is 109 Å². The van der Waals surface area contributed by atoms with Gasteiger partial charge < -0.3 is 14.6 Å². The Balaban J connectivity index is 3.07. The number of ether oxygens (including phenoxy) is 2. The Morgan fingerprint density at radius 3 is 2.42 bits per heavy atom. The minimum atomic E-state index is -1.75. The Kier molecular flexibility index (Phi) is 4.47. The van der Waals surface area contributed by atoms with Gasteiger partial charge in [0.25, 0.3) is 0 Å². The molecule has 0 aliphatic rings. The molecule has 0 saturated carbocycles. The van der Waals surface area contributed by atoms with Gasteiger partial charge in [-0.3, -0.25) is 9.59 Å². The van der Waals surface area contributed by atoms with E-state index >= 15 is 0 Å². The number of halogens is 1. The Bertz CT molecular complexity index is 500. The van der Waals surface area contributed by atoms with Gasteiger partial charge in [-0.1, -0.05) is 6.07 Å². The summed E-state index contributed by atoms with van der Waals surface area (Å²) in [4.78, 5) is 22.8. The zero-order valence-electron chi connectivity index (χ0n) is 10.9. The summed E-state index contributed by atoms with van der Waals surface area (Å²) >= 11 is 0. The molecule has 5 nitrogen and oxygen atoms in total. The van der Waals surface area contributed by atoms with E-state index in [4.69, 9.17) is 9.84 Å². The first-order valence-corrected chi connectivity index (χ1v) is 5.49. The van der Waals surface area contributed by atoms with Crippen LogP contribution in [0.5, 0.6) is 5.75 Å². The van der Waals surface area contributed by atoms with Crippen LogP contribution in [0.15, 0.2) is 18.2 Å². The monoisotopic (exact) mass is 270 g/mol. The summed E-state index contributed by atoms with van der Waals surface area (Å²) < 4.78 is 22.8. The number of carbonyl (C=O) groups excluding carboxylic acids is 1. The fraction of sp³-hybridized carbons (Fsp3) is 0.385. The third kappa shape index (κ3) is 3.01. The van der Waals surface area contributed by atoms with Crippen LogP contribution >= 0.6 is 0 Å². The van der Waals surface area contributed by atoms with E-state index in [-0.39, 0.29) is 12.2 Å². The van der Waals surface area contributed by atoms with Crippen molar-refractivity contribution < 1.29 is 28.6 Å². The number of carboxylic acids is 1. The summed E-state index contributed by atoms with van der Waals surface area (Å²) in [5.41, 5.74) is -1.39. The van der Waals surface area contributed by atoms with Crippen LogP contribution in [0.4, 0.5) is 4.39 Å². The molecular weight excluding hydrogens is 255 g/mol. The third-order valence-corrected chi connectivity index (χ3v) is 2.88. The summed E-state index contributed by atoms with van der Waals surface area (Å²) in [7, 11) is 2.44. The molecule has 1 N–H and O–H groups in total. The van der Waals surface area contributed by atoms with Crippen molar-refractivity contribution >= 4 is 11.9 Å². The lowest BCUT2D eigenvalue weighted by molar-refractivity contribution is -0.165. The third-order valence-electron chi connectivity index (χ3n) is 2.88. The van der Waals surface area contributed by atoms with Crippen molar-refractivity contribution in [2.45, 2.75) is 13.3 Å². The molecule has 1 atom stereocenters. The maximum atomic E-state index is 13.5. The van der Waals surface area contributed by atoms with Gasteiger partial charge in [0.2, 0.25) is 0 Å². The van der Waals surface area contributed by atoms with Gasteiger partial charge in [-0.05, 0) is 31.0 Å². The number of hydrogen-bond acceptors (Lipinski definition) is 4.